The number of nitrogens with zero attached hydrogens (tertiary/aromatic N) is 3. The number of halogens is 1. The molecule has 0 bridgehead atoms. The highest BCUT2D eigenvalue weighted by Crippen LogP contribution is 2.20. The van der Waals surface area contributed by atoms with Crippen molar-refractivity contribution >= 4 is 23.4 Å². The minimum atomic E-state index is -0.359. The van der Waals surface area contributed by atoms with Crippen LogP contribution >= 0.6 is 0 Å². The molecule has 0 aliphatic carbocycles. The normalized spacial score (nSPS) is 16.6. The van der Waals surface area contributed by atoms with E-state index in [1.165, 1.54) is 6.07 Å². The highest BCUT2D eigenvalue weighted by molar-refractivity contribution is 5.99. The molecule has 7 nitrogen and oxygen atoms in total. The van der Waals surface area contributed by atoms with Crippen LogP contribution in [0.25, 0.3) is 0 Å². The molecule has 1 fully saturated rings. The lowest BCUT2D eigenvalue weighted by molar-refractivity contribution is 0.0946. The Morgan fingerprint density at radius 3 is 2.78 bits per heavy atom. The van der Waals surface area contributed by atoms with Crippen LogP contribution in [0.3, 0.4) is 0 Å². The van der Waals surface area contributed by atoms with Gasteiger partial charge in [-0.05, 0) is 36.2 Å². The fourth-order valence-corrected chi connectivity index (χ4v) is 3.42. The molecule has 8 heteroatoms. The molecule has 0 unspecified atom stereocenters. The van der Waals surface area contributed by atoms with Gasteiger partial charge in [0.2, 0.25) is 0 Å². The molecule has 2 aliphatic rings. The number of carbonyl (C=O) groups is 2. The fourth-order valence-electron chi connectivity index (χ4n) is 3.42. The molecular weight excluding hydrogens is 349 g/mol. The van der Waals surface area contributed by atoms with E-state index in [9.17, 15) is 14.0 Å². The second-order valence-corrected chi connectivity index (χ2v) is 6.59. The number of hydrogen-bond acceptors (Lipinski definition) is 4. The van der Waals surface area contributed by atoms with E-state index in [0.29, 0.717) is 49.8 Å². The summed E-state index contributed by atoms with van der Waals surface area (Å²) >= 11 is 0. The topological polar surface area (TPSA) is 77.6 Å². The molecule has 0 radical (unpaired) electrons. The molecule has 2 aromatic rings. The molecular formula is C19H20FN5O2. The molecule has 3 heterocycles. The summed E-state index contributed by atoms with van der Waals surface area (Å²) in [7, 11) is 0. The van der Waals surface area contributed by atoms with Gasteiger partial charge in [-0.3, -0.25) is 4.79 Å². The Hall–Kier alpha value is -3.16. The molecule has 3 amide bonds. The molecule has 1 aromatic carbocycles. The van der Waals surface area contributed by atoms with Crippen LogP contribution in [0, 0.1) is 5.82 Å². The van der Waals surface area contributed by atoms with Crippen molar-refractivity contribution in [3.63, 3.8) is 0 Å². The lowest BCUT2D eigenvalue weighted by Crippen LogP contribution is -2.50. The van der Waals surface area contributed by atoms with Gasteiger partial charge in [0.25, 0.3) is 5.91 Å². The van der Waals surface area contributed by atoms with E-state index in [0.717, 1.165) is 12.0 Å². The van der Waals surface area contributed by atoms with Crippen LogP contribution < -0.4 is 15.5 Å². The zero-order valence-electron chi connectivity index (χ0n) is 14.7. The summed E-state index contributed by atoms with van der Waals surface area (Å²) in [5.41, 5.74) is 2.19. The summed E-state index contributed by atoms with van der Waals surface area (Å²) in [4.78, 5) is 32.1. The van der Waals surface area contributed by atoms with Crippen molar-refractivity contribution < 1.29 is 14.0 Å². The predicted octanol–water partition coefficient (Wildman–Crippen LogP) is 1.86. The Morgan fingerprint density at radius 1 is 1.19 bits per heavy atom. The summed E-state index contributed by atoms with van der Waals surface area (Å²) in [6.07, 6.45) is 2.35. The van der Waals surface area contributed by atoms with E-state index in [4.69, 9.17) is 0 Å². The first-order chi connectivity index (χ1) is 13.1. The number of anilines is 2. The summed E-state index contributed by atoms with van der Waals surface area (Å²) in [6, 6.07) is 8.11. The van der Waals surface area contributed by atoms with Crippen LogP contribution in [0.1, 0.15) is 15.9 Å². The van der Waals surface area contributed by atoms with Crippen LogP contribution in [-0.2, 0) is 6.42 Å². The molecule has 140 valence electrons. The van der Waals surface area contributed by atoms with Crippen LogP contribution in [-0.4, -0.2) is 54.5 Å². The summed E-state index contributed by atoms with van der Waals surface area (Å²) in [5.74, 6) is -0.153. The molecule has 2 aliphatic heterocycles. The SMILES string of the molecule is O=C1NCCc2ccc(NC(=O)N3CCN(c4ncccc4F)CC3)cc21. The summed E-state index contributed by atoms with van der Waals surface area (Å²) < 4.78 is 13.9. The second-order valence-electron chi connectivity index (χ2n) is 6.59. The number of pyridine rings is 1. The second kappa shape index (κ2) is 7.22. The summed E-state index contributed by atoms with van der Waals surface area (Å²) in [6.45, 7) is 2.58. The standard InChI is InChI=1S/C19H20FN5O2/c20-16-2-1-6-21-17(16)24-8-10-25(11-9-24)19(27)23-14-4-3-13-5-7-22-18(26)15(13)12-14/h1-4,6,12H,5,7-11H2,(H,22,26)(H,23,27). The maximum Gasteiger partial charge on any atom is 0.321 e. The third-order valence-electron chi connectivity index (χ3n) is 4.89. The van der Waals surface area contributed by atoms with Gasteiger partial charge in [-0.25, -0.2) is 14.2 Å². The zero-order chi connectivity index (χ0) is 18.8. The van der Waals surface area contributed by atoms with Gasteiger partial charge >= 0.3 is 6.03 Å². The average molecular weight is 369 g/mol. The monoisotopic (exact) mass is 369 g/mol. The molecule has 27 heavy (non-hydrogen) atoms. The first-order valence-electron chi connectivity index (χ1n) is 8.94. The first kappa shape index (κ1) is 17.3. The molecule has 0 spiro atoms. The van der Waals surface area contributed by atoms with E-state index in [1.54, 1.807) is 23.2 Å². The average Bonchev–Trinajstić information content (AvgIpc) is 2.69. The smallest absolute Gasteiger partial charge is 0.321 e. The van der Waals surface area contributed by atoms with Crippen molar-refractivity contribution in [2.75, 3.05) is 42.9 Å². The number of urea groups is 1. The zero-order valence-corrected chi connectivity index (χ0v) is 14.7. The molecule has 0 atom stereocenters. The van der Waals surface area contributed by atoms with Crippen LogP contribution in [0.4, 0.5) is 20.7 Å². The number of nitrogens with one attached hydrogen (secondary N) is 2. The fraction of sp³-hybridized carbons (Fsp3) is 0.316. The number of rotatable bonds is 2. The maximum atomic E-state index is 13.9. The van der Waals surface area contributed by atoms with Gasteiger partial charge < -0.3 is 20.4 Å². The maximum absolute atomic E-state index is 13.9. The van der Waals surface area contributed by atoms with E-state index < -0.39 is 0 Å². The molecule has 2 N–H and O–H groups in total. The van der Waals surface area contributed by atoms with Crippen molar-refractivity contribution in [1.29, 1.82) is 0 Å². The van der Waals surface area contributed by atoms with Gasteiger partial charge in [0.1, 0.15) is 0 Å². The Morgan fingerprint density at radius 2 is 2.00 bits per heavy atom. The van der Waals surface area contributed by atoms with Gasteiger partial charge in [-0.1, -0.05) is 6.07 Å². The van der Waals surface area contributed by atoms with E-state index in [2.05, 4.69) is 15.6 Å². The lowest BCUT2D eigenvalue weighted by Gasteiger charge is -2.35. The van der Waals surface area contributed by atoms with Crippen molar-refractivity contribution in [3.8, 4) is 0 Å². The van der Waals surface area contributed by atoms with E-state index in [-0.39, 0.29) is 17.8 Å². The van der Waals surface area contributed by atoms with Crippen molar-refractivity contribution in [2.45, 2.75) is 6.42 Å². The first-order valence-corrected chi connectivity index (χ1v) is 8.94. The number of benzene rings is 1. The number of piperazine rings is 1. The minimum absolute atomic E-state index is 0.113. The van der Waals surface area contributed by atoms with Crippen LogP contribution in [0.2, 0.25) is 0 Å². The number of fused-ring (bicyclic) bond motifs is 1. The summed E-state index contributed by atoms with van der Waals surface area (Å²) in [5, 5.41) is 5.65. The van der Waals surface area contributed by atoms with Gasteiger partial charge in [-0.15, -0.1) is 0 Å². The van der Waals surface area contributed by atoms with Gasteiger partial charge in [0.05, 0.1) is 0 Å². The highest BCUT2D eigenvalue weighted by Gasteiger charge is 2.24. The highest BCUT2D eigenvalue weighted by atomic mass is 19.1. The quantitative estimate of drug-likeness (QED) is 0.847. The van der Waals surface area contributed by atoms with Gasteiger partial charge in [0, 0.05) is 50.2 Å². The Labute approximate surface area is 156 Å². The van der Waals surface area contributed by atoms with Crippen molar-refractivity contribution in [2.24, 2.45) is 0 Å². The Balaban J connectivity index is 1.38. The number of aromatic nitrogens is 1. The number of carbonyl (C=O) groups excluding carboxylic acids is 2. The third kappa shape index (κ3) is 3.55. The molecule has 0 saturated carbocycles. The number of hydrogen-bond donors (Lipinski definition) is 2. The van der Waals surface area contributed by atoms with E-state index >= 15 is 0 Å². The molecule has 1 saturated heterocycles. The predicted molar refractivity (Wildman–Crippen MR) is 99.5 cm³/mol. The van der Waals surface area contributed by atoms with Gasteiger partial charge in [0.15, 0.2) is 11.6 Å². The minimum Gasteiger partial charge on any atom is -0.352 e. The van der Waals surface area contributed by atoms with Crippen molar-refractivity contribution in [3.05, 3.63) is 53.5 Å². The van der Waals surface area contributed by atoms with Crippen LogP contribution in [0.5, 0.6) is 0 Å². The Kier molecular flexibility index (Phi) is 4.62. The van der Waals surface area contributed by atoms with Crippen molar-refractivity contribution in [1.82, 2.24) is 15.2 Å². The molecule has 4 rings (SSSR count). The van der Waals surface area contributed by atoms with Gasteiger partial charge in [-0.2, -0.15) is 0 Å². The van der Waals surface area contributed by atoms with E-state index in [1.807, 2.05) is 17.0 Å². The number of amides is 3. The van der Waals surface area contributed by atoms with Crippen LogP contribution in [0.15, 0.2) is 36.5 Å². The lowest BCUT2D eigenvalue weighted by atomic mass is 10.00. The molecule has 1 aromatic heterocycles. The Bertz CT molecular complexity index is 880. The largest absolute Gasteiger partial charge is 0.352 e. The third-order valence-corrected chi connectivity index (χ3v) is 4.89.